The number of para-hydroxylation sites is 1. The van der Waals surface area contributed by atoms with Crippen molar-refractivity contribution >= 4 is 57.2 Å². The lowest BCUT2D eigenvalue weighted by atomic mass is 10.1. The molecular formula is C26H17BrClN3O5. The second-order valence-electron chi connectivity index (χ2n) is 7.25. The first-order valence-electron chi connectivity index (χ1n) is 10.5. The lowest BCUT2D eigenvalue weighted by Gasteiger charge is -2.09. The van der Waals surface area contributed by atoms with E-state index in [1.807, 2.05) is 0 Å². The number of carbonyl (C=O) groups is 3. The van der Waals surface area contributed by atoms with Crippen LogP contribution >= 0.6 is 27.5 Å². The lowest BCUT2D eigenvalue weighted by Crippen LogP contribution is -2.21. The molecule has 2 N–H and O–H groups in total. The van der Waals surface area contributed by atoms with Gasteiger partial charge in [-0.3, -0.25) is 9.59 Å². The van der Waals surface area contributed by atoms with E-state index in [2.05, 4.69) is 31.8 Å². The molecule has 0 aliphatic carbocycles. The summed E-state index contributed by atoms with van der Waals surface area (Å²) in [5.41, 5.74) is 3.66. The molecule has 0 fully saturated rings. The van der Waals surface area contributed by atoms with Crippen molar-refractivity contribution in [3.63, 3.8) is 0 Å². The Morgan fingerprint density at radius 2 is 1.72 bits per heavy atom. The molecule has 4 rings (SSSR count). The molecule has 0 atom stereocenters. The van der Waals surface area contributed by atoms with Crippen molar-refractivity contribution in [3.05, 3.63) is 117 Å². The third-order valence-corrected chi connectivity index (χ3v) is 5.53. The van der Waals surface area contributed by atoms with E-state index in [4.69, 9.17) is 20.8 Å². The zero-order valence-corrected chi connectivity index (χ0v) is 20.7. The van der Waals surface area contributed by atoms with Crippen molar-refractivity contribution in [1.82, 2.24) is 5.43 Å². The van der Waals surface area contributed by atoms with Crippen LogP contribution in [0.3, 0.4) is 0 Å². The first-order valence-corrected chi connectivity index (χ1v) is 11.6. The second-order valence-corrected chi connectivity index (χ2v) is 8.61. The Bertz CT molecular complexity index is 1440. The highest BCUT2D eigenvalue weighted by Gasteiger charge is 2.16. The Labute approximate surface area is 219 Å². The number of amides is 2. The monoisotopic (exact) mass is 565 g/mol. The van der Waals surface area contributed by atoms with Crippen LogP contribution in [0.15, 0.2) is 99.1 Å². The highest BCUT2D eigenvalue weighted by molar-refractivity contribution is 9.10. The van der Waals surface area contributed by atoms with Gasteiger partial charge in [-0.15, -0.1) is 0 Å². The molecule has 0 aliphatic heterocycles. The highest BCUT2D eigenvalue weighted by atomic mass is 79.9. The van der Waals surface area contributed by atoms with Gasteiger partial charge < -0.3 is 14.5 Å². The average molecular weight is 567 g/mol. The van der Waals surface area contributed by atoms with Crippen LogP contribution in [0.1, 0.15) is 36.8 Å². The maximum atomic E-state index is 12.8. The number of halogens is 2. The van der Waals surface area contributed by atoms with Gasteiger partial charge in [0.2, 0.25) is 0 Å². The van der Waals surface area contributed by atoms with E-state index in [1.54, 1.807) is 72.8 Å². The van der Waals surface area contributed by atoms with Gasteiger partial charge in [0.15, 0.2) is 5.76 Å². The minimum atomic E-state index is -0.575. The third-order valence-electron chi connectivity index (χ3n) is 4.79. The number of carbonyl (C=O) groups excluding carboxylic acids is 3. The van der Waals surface area contributed by atoms with Crippen LogP contribution in [0.4, 0.5) is 5.69 Å². The SMILES string of the molecule is O=C(Oc1ccc(Br)cc1/C=N\NC(=O)c1ccccc1NC(=O)c1ccco1)c1ccc(Cl)cc1. The molecule has 1 aromatic heterocycles. The van der Waals surface area contributed by atoms with Crippen LogP contribution in [0.2, 0.25) is 5.02 Å². The zero-order valence-electron chi connectivity index (χ0n) is 18.4. The van der Waals surface area contributed by atoms with Crippen LogP contribution < -0.4 is 15.5 Å². The molecule has 0 unspecified atom stereocenters. The number of furan rings is 1. The van der Waals surface area contributed by atoms with E-state index in [0.717, 1.165) is 0 Å². The number of esters is 1. The van der Waals surface area contributed by atoms with E-state index in [0.29, 0.717) is 20.6 Å². The third kappa shape index (κ3) is 6.26. The van der Waals surface area contributed by atoms with Crippen molar-refractivity contribution in [2.75, 3.05) is 5.32 Å². The molecule has 2 amide bonds. The Morgan fingerprint density at radius 3 is 2.47 bits per heavy atom. The fraction of sp³-hybridized carbons (Fsp3) is 0. The van der Waals surface area contributed by atoms with Gasteiger partial charge in [-0.2, -0.15) is 5.10 Å². The summed E-state index contributed by atoms with van der Waals surface area (Å²) in [5, 5.41) is 7.14. The summed E-state index contributed by atoms with van der Waals surface area (Å²) < 4.78 is 11.3. The van der Waals surface area contributed by atoms with E-state index in [1.165, 1.54) is 18.5 Å². The van der Waals surface area contributed by atoms with E-state index < -0.39 is 17.8 Å². The number of nitrogens with zero attached hydrogens (tertiary/aromatic N) is 1. The van der Waals surface area contributed by atoms with Crippen molar-refractivity contribution in [2.24, 2.45) is 5.10 Å². The second kappa shape index (κ2) is 11.5. The number of anilines is 1. The zero-order chi connectivity index (χ0) is 25.5. The van der Waals surface area contributed by atoms with Gasteiger partial charge in [0.05, 0.1) is 29.3 Å². The minimum Gasteiger partial charge on any atom is -0.459 e. The first-order chi connectivity index (χ1) is 17.4. The van der Waals surface area contributed by atoms with Gasteiger partial charge in [0, 0.05) is 15.1 Å². The molecule has 0 aliphatic rings. The molecule has 0 saturated heterocycles. The van der Waals surface area contributed by atoms with E-state index >= 15 is 0 Å². The summed E-state index contributed by atoms with van der Waals surface area (Å²) in [6, 6.07) is 20.8. The molecule has 4 aromatic rings. The Balaban J connectivity index is 1.47. The molecule has 0 radical (unpaired) electrons. The maximum absolute atomic E-state index is 12.8. The molecule has 3 aromatic carbocycles. The molecule has 10 heteroatoms. The fourth-order valence-corrected chi connectivity index (χ4v) is 3.57. The van der Waals surface area contributed by atoms with Gasteiger partial charge in [-0.1, -0.05) is 39.7 Å². The number of hydrogen-bond acceptors (Lipinski definition) is 6. The molecule has 0 spiro atoms. The predicted octanol–water partition coefficient (Wildman–Crippen LogP) is 5.93. The molecule has 180 valence electrons. The molecule has 8 nitrogen and oxygen atoms in total. The number of nitrogens with one attached hydrogen (secondary N) is 2. The van der Waals surface area contributed by atoms with Gasteiger partial charge in [0.1, 0.15) is 5.75 Å². The fourth-order valence-electron chi connectivity index (χ4n) is 3.06. The number of hydrazone groups is 1. The minimum absolute atomic E-state index is 0.110. The number of rotatable bonds is 7. The van der Waals surface area contributed by atoms with Crippen molar-refractivity contribution in [3.8, 4) is 5.75 Å². The van der Waals surface area contributed by atoms with Crippen LogP contribution in [-0.4, -0.2) is 24.0 Å². The molecule has 1 heterocycles. The van der Waals surface area contributed by atoms with Gasteiger partial charge in [-0.25, -0.2) is 10.2 Å². The lowest BCUT2D eigenvalue weighted by molar-refractivity contribution is 0.0733. The smallest absolute Gasteiger partial charge is 0.343 e. The molecule has 0 saturated carbocycles. The summed E-state index contributed by atoms with van der Waals surface area (Å²) in [7, 11) is 0. The summed E-state index contributed by atoms with van der Waals surface area (Å²) in [5.74, 6) is -1.28. The van der Waals surface area contributed by atoms with Crippen LogP contribution in [-0.2, 0) is 0 Å². The molecular weight excluding hydrogens is 550 g/mol. The topological polar surface area (TPSA) is 110 Å². The number of benzene rings is 3. The Kier molecular flexibility index (Phi) is 7.94. The quantitative estimate of drug-likeness (QED) is 0.125. The highest BCUT2D eigenvalue weighted by Crippen LogP contribution is 2.23. The summed E-state index contributed by atoms with van der Waals surface area (Å²) in [6.07, 6.45) is 2.72. The van der Waals surface area contributed by atoms with E-state index in [-0.39, 0.29) is 22.8 Å². The van der Waals surface area contributed by atoms with Crippen molar-refractivity contribution < 1.29 is 23.5 Å². The van der Waals surface area contributed by atoms with Crippen molar-refractivity contribution in [2.45, 2.75) is 0 Å². The normalized spacial score (nSPS) is 10.7. The van der Waals surface area contributed by atoms with Crippen molar-refractivity contribution in [1.29, 1.82) is 0 Å². The van der Waals surface area contributed by atoms with Crippen LogP contribution in [0.25, 0.3) is 0 Å². The van der Waals surface area contributed by atoms with Crippen LogP contribution in [0, 0.1) is 0 Å². The standard InChI is InChI=1S/C26H17BrClN3O5/c27-18-9-12-22(36-26(34)16-7-10-19(28)11-8-16)17(14-18)15-29-31-24(32)20-4-1-2-5-21(20)30-25(33)23-6-3-13-35-23/h1-15H,(H,30,33)(H,31,32)/b29-15-. The average Bonchev–Trinajstić information content (AvgIpc) is 3.41. The molecule has 36 heavy (non-hydrogen) atoms. The maximum Gasteiger partial charge on any atom is 0.343 e. The Morgan fingerprint density at radius 1 is 0.944 bits per heavy atom. The van der Waals surface area contributed by atoms with E-state index in [9.17, 15) is 14.4 Å². The Hall–Kier alpha value is -4.21. The van der Waals surface area contributed by atoms with Gasteiger partial charge in [-0.05, 0) is 66.7 Å². The van der Waals surface area contributed by atoms with Gasteiger partial charge >= 0.3 is 5.97 Å². The predicted molar refractivity (Wildman–Crippen MR) is 139 cm³/mol. The summed E-state index contributed by atoms with van der Waals surface area (Å²) in [6.45, 7) is 0. The summed E-state index contributed by atoms with van der Waals surface area (Å²) >= 11 is 9.24. The summed E-state index contributed by atoms with van der Waals surface area (Å²) in [4.78, 5) is 37.6. The van der Waals surface area contributed by atoms with Crippen LogP contribution in [0.5, 0.6) is 5.75 Å². The number of ether oxygens (including phenoxy) is 1. The molecule has 0 bridgehead atoms. The number of hydrogen-bond donors (Lipinski definition) is 2. The first kappa shape index (κ1) is 24.9. The van der Waals surface area contributed by atoms with Gasteiger partial charge in [0.25, 0.3) is 11.8 Å². The largest absolute Gasteiger partial charge is 0.459 e.